The van der Waals surface area contributed by atoms with E-state index >= 15 is 0 Å². The first-order valence-electron chi connectivity index (χ1n) is 10.3. The number of methoxy groups -OCH3 is 2. The van der Waals surface area contributed by atoms with E-state index < -0.39 is 0 Å². The first kappa shape index (κ1) is 18.0. The van der Waals surface area contributed by atoms with E-state index in [0.29, 0.717) is 29.5 Å². The van der Waals surface area contributed by atoms with Crippen molar-refractivity contribution in [2.45, 2.75) is 57.8 Å². The Hall–Kier alpha value is -1.35. The lowest BCUT2D eigenvalue weighted by Crippen LogP contribution is -2.44. The van der Waals surface area contributed by atoms with Gasteiger partial charge in [-0.3, -0.25) is 4.79 Å². The van der Waals surface area contributed by atoms with Gasteiger partial charge in [0, 0.05) is 25.6 Å². The summed E-state index contributed by atoms with van der Waals surface area (Å²) in [5.41, 5.74) is 2.91. The van der Waals surface area contributed by atoms with Crippen molar-refractivity contribution in [1.82, 2.24) is 0 Å². The van der Waals surface area contributed by atoms with Gasteiger partial charge in [-0.15, -0.1) is 0 Å². The number of ether oxygens (including phenoxy) is 2. The predicted octanol–water partition coefficient (Wildman–Crippen LogP) is 4.77. The normalized spacial score (nSPS) is 35.6. The number of ketones is 1. The van der Waals surface area contributed by atoms with Gasteiger partial charge in [0.2, 0.25) is 0 Å². The topological polar surface area (TPSA) is 35.5 Å². The number of hydrogen-bond acceptors (Lipinski definition) is 3. The van der Waals surface area contributed by atoms with Crippen LogP contribution in [0.5, 0.6) is 5.75 Å². The molecule has 5 atom stereocenters. The van der Waals surface area contributed by atoms with Gasteiger partial charge in [0.05, 0.1) is 7.11 Å². The van der Waals surface area contributed by atoms with E-state index in [0.717, 1.165) is 50.9 Å². The van der Waals surface area contributed by atoms with Crippen LogP contribution in [0.15, 0.2) is 18.2 Å². The summed E-state index contributed by atoms with van der Waals surface area (Å²) in [6.45, 7) is 3.08. The highest BCUT2D eigenvalue weighted by Gasteiger charge is 2.58. The standard InChI is InChI=1S/C23H32O3/c1-23-11-10-19-18-9-7-17(26-3)13-15(18)6-8-20(19)22(23)16(14-21(23)24)5-4-12-25-2/h7,9,13,16,19-20,22H,4-6,8,10-12,14H2,1-3H3/t16-,19-,20-,22+,23-/m1/s1. The largest absolute Gasteiger partial charge is 0.497 e. The third-order valence-electron chi connectivity index (χ3n) is 7.70. The molecule has 0 aliphatic heterocycles. The zero-order chi connectivity index (χ0) is 18.3. The van der Waals surface area contributed by atoms with E-state index in [1.807, 2.05) is 0 Å². The van der Waals surface area contributed by atoms with Crippen LogP contribution < -0.4 is 4.74 Å². The lowest BCUT2D eigenvalue weighted by atomic mass is 9.54. The molecule has 3 heteroatoms. The number of Topliss-reactive ketones (excluding diaryl/α,β-unsaturated/α-hetero) is 1. The van der Waals surface area contributed by atoms with Crippen molar-refractivity contribution >= 4 is 5.78 Å². The third-order valence-corrected chi connectivity index (χ3v) is 7.70. The van der Waals surface area contributed by atoms with Gasteiger partial charge in [-0.25, -0.2) is 0 Å². The predicted molar refractivity (Wildman–Crippen MR) is 103 cm³/mol. The van der Waals surface area contributed by atoms with E-state index in [4.69, 9.17) is 9.47 Å². The average Bonchev–Trinajstić information content (AvgIpc) is 2.91. The summed E-state index contributed by atoms with van der Waals surface area (Å²) in [5, 5.41) is 0. The smallest absolute Gasteiger partial charge is 0.139 e. The molecule has 1 aromatic carbocycles. The SMILES string of the molecule is COCCC[C@@H]1CC(=O)[C@@]2(C)CC[C@@H]3c4ccc(OC)cc4CC[C@H]3[C@H]12. The second-order valence-electron chi connectivity index (χ2n) is 8.88. The van der Waals surface area contributed by atoms with Crippen molar-refractivity contribution < 1.29 is 14.3 Å². The van der Waals surface area contributed by atoms with E-state index in [1.165, 1.54) is 17.5 Å². The fraction of sp³-hybridized carbons (Fsp3) is 0.696. The number of fused-ring (bicyclic) bond motifs is 5. The maximum atomic E-state index is 12.9. The van der Waals surface area contributed by atoms with Gasteiger partial charge in [0.15, 0.2) is 0 Å². The number of rotatable bonds is 5. The highest BCUT2D eigenvalue weighted by atomic mass is 16.5. The Morgan fingerprint density at radius 3 is 2.85 bits per heavy atom. The number of carbonyl (C=O) groups excluding carboxylic acids is 1. The van der Waals surface area contributed by atoms with Crippen LogP contribution in [0.4, 0.5) is 0 Å². The van der Waals surface area contributed by atoms with Gasteiger partial charge in [-0.1, -0.05) is 13.0 Å². The van der Waals surface area contributed by atoms with Crippen molar-refractivity contribution in [3.63, 3.8) is 0 Å². The van der Waals surface area contributed by atoms with Crippen LogP contribution in [0.1, 0.15) is 62.5 Å². The molecule has 26 heavy (non-hydrogen) atoms. The average molecular weight is 357 g/mol. The molecule has 1 aromatic rings. The summed E-state index contributed by atoms with van der Waals surface area (Å²) in [4.78, 5) is 12.9. The van der Waals surface area contributed by atoms with E-state index in [9.17, 15) is 4.79 Å². The number of carbonyl (C=O) groups is 1. The van der Waals surface area contributed by atoms with Gasteiger partial charge in [0.25, 0.3) is 0 Å². The van der Waals surface area contributed by atoms with Gasteiger partial charge >= 0.3 is 0 Å². The number of benzene rings is 1. The quantitative estimate of drug-likeness (QED) is 0.713. The van der Waals surface area contributed by atoms with E-state index in [2.05, 4.69) is 25.1 Å². The van der Waals surface area contributed by atoms with Crippen LogP contribution in [0.25, 0.3) is 0 Å². The molecule has 0 bridgehead atoms. The molecule has 0 saturated heterocycles. The van der Waals surface area contributed by atoms with Gasteiger partial charge in [-0.2, -0.15) is 0 Å². The molecule has 0 spiro atoms. The summed E-state index contributed by atoms with van der Waals surface area (Å²) in [5.74, 6) is 3.89. The second-order valence-corrected chi connectivity index (χ2v) is 8.88. The minimum absolute atomic E-state index is 0.0805. The molecule has 0 radical (unpaired) electrons. The summed E-state index contributed by atoms with van der Waals surface area (Å²) in [6, 6.07) is 6.64. The monoisotopic (exact) mass is 356 g/mol. The van der Waals surface area contributed by atoms with Crippen molar-refractivity contribution in [3.8, 4) is 5.75 Å². The van der Waals surface area contributed by atoms with Gasteiger partial charge in [0.1, 0.15) is 11.5 Å². The highest BCUT2D eigenvalue weighted by Crippen LogP contribution is 2.62. The number of aryl methyl sites for hydroxylation is 1. The molecule has 0 amide bonds. The first-order valence-corrected chi connectivity index (χ1v) is 10.3. The second kappa shape index (κ2) is 6.99. The van der Waals surface area contributed by atoms with Crippen LogP contribution in [0.2, 0.25) is 0 Å². The van der Waals surface area contributed by atoms with E-state index in [-0.39, 0.29) is 5.41 Å². The zero-order valence-electron chi connectivity index (χ0n) is 16.4. The van der Waals surface area contributed by atoms with Crippen molar-refractivity contribution in [2.24, 2.45) is 23.2 Å². The Morgan fingerprint density at radius 1 is 1.23 bits per heavy atom. The van der Waals surface area contributed by atoms with E-state index in [1.54, 1.807) is 14.2 Å². The summed E-state index contributed by atoms with van der Waals surface area (Å²) < 4.78 is 10.7. The van der Waals surface area contributed by atoms with Crippen LogP contribution in [-0.2, 0) is 16.0 Å². The lowest BCUT2D eigenvalue weighted by molar-refractivity contribution is -0.129. The Kier molecular flexibility index (Phi) is 4.85. The lowest BCUT2D eigenvalue weighted by Gasteiger charge is -2.50. The zero-order valence-corrected chi connectivity index (χ0v) is 16.4. The number of hydrogen-bond donors (Lipinski definition) is 0. The van der Waals surface area contributed by atoms with Gasteiger partial charge < -0.3 is 9.47 Å². The van der Waals surface area contributed by atoms with Crippen LogP contribution in [0.3, 0.4) is 0 Å². The molecule has 2 saturated carbocycles. The molecule has 3 aliphatic rings. The Balaban J connectivity index is 1.62. The van der Waals surface area contributed by atoms with Crippen LogP contribution >= 0.6 is 0 Å². The minimum Gasteiger partial charge on any atom is -0.497 e. The summed E-state index contributed by atoms with van der Waals surface area (Å²) in [6.07, 6.45) is 7.57. The molecule has 3 nitrogen and oxygen atoms in total. The maximum Gasteiger partial charge on any atom is 0.139 e. The highest BCUT2D eigenvalue weighted by molar-refractivity contribution is 5.87. The maximum absolute atomic E-state index is 12.9. The van der Waals surface area contributed by atoms with Crippen LogP contribution in [0, 0.1) is 23.2 Å². The third kappa shape index (κ3) is 2.79. The Labute approximate surface area is 157 Å². The molecule has 0 heterocycles. The minimum atomic E-state index is -0.0805. The first-order chi connectivity index (χ1) is 12.6. The van der Waals surface area contributed by atoms with Crippen molar-refractivity contribution in [3.05, 3.63) is 29.3 Å². The van der Waals surface area contributed by atoms with Gasteiger partial charge in [-0.05, 0) is 85.5 Å². The molecular weight excluding hydrogens is 324 g/mol. The Morgan fingerprint density at radius 2 is 2.08 bits per heavy atom. The van der Waals surface area contributed by atoms with Crippen molar-refractivity contribution in [1.29, 1.82) is 0 Å². The molecule has 2 fully saturated rings. The van der Waals surface area contributed by atoms with Crippen LogP contribution in [-0.4, -0.2) is 26.6 Å². The fourth-order valence-corrected chi connectivity index (χ4v) is 6.50. The molecule has 0 unspecified atom stereocenters. The fourth-order valence-electron chi connectivity index (χ4n) is 6.50. The molecular formula is C23H32O3. The van der Waals surface area contributed by atoms with Crippen molar-refractivity contribution in [2.75, 3.05) is 20.8 Å². The molecule has 0 N–H and O–H groups in total. The Bertz CT molecular complexity index is 682. The molecule has 0 aromatic heterocycles. The molecule has 3 aliphatic carbocycles. The molecule has 142 valence electrons. The summed E-state index contributed by atoms with van der Waals surface area (Å²) in [7, 11) is 3.51. The summed E-state index contributed by atoms with van der Waals surface area (Å²) >= 11 is 0. The molecule has 4 rings (SSSR count).